The fourth-order valence-electron chi connectivity index (χ4n) is 2.96. The number of thioether (sulfide) groups is 1. The van der Waals surface area contributed by atoms with Crippen molar-refractivity contribution in [3.05, 3.63) is 64.7 Å². The molecular weight excluding hydrogens is 416 g/mol. The molecule has 0 aliphatic carbocycles. The van der Waals surface area contributed by atoms with Crippen LogP contribution in [0.1, 0.15) is 45.2 Å². The Bertz CT molecular complexity index is 862. The minimum Gasteiger partial charge on any atom is -0.350 e. The van der Waals surface area contributed by atoms with Crippen LogP contribution in [0.4, 0.5) is 0 Å². The number of halogens is 1. The highest BCUT2D eigenvalue weighted by Crippen LogP contribution is 2.22. The Labute approximate surface area is 189 Å². The fourth-order valence-corrected chi connectivity index (χ4v) is 3.93. The SMILES string of the molecule is Cc1ccccc1CN(C(=O)CCSc1ccc(Cl)cc1)[C@@H](C)C(=O)NC(C)(C)C. The molecule has 0 saturated heterocycles. The van der Waals surface area contributed by atoms with Crippen LogP contribution in [0, 0.1) is 6.92 Å². The van der Waals surface area contributed by atoms with Crippen LogP contribution in [0.5, 0.6) is 0 Å². The maximum atomic E-state index is 13.1. The van der Waals surface area contributed by atoms with Crippen LogP contribution < -0.4 is 5.32 Å². The van der Waals surface area contributed by atoms with Crippen molar-refractivity contribution in [2.75, 3.05) is 5.75 Å². The molecule has 1 N–H and O–H groups in total. The summed E-state index contributed by atoms with van der Waals surface area (Å²) in [5, 5.41) is 3.68. The first-order chi connectivity index (χ1) is 14.1. The number of hydrogen-bond acceptors (Lipinski definition) is 3. The van der Waals surface area contributed by atoms with Crippen molar-refractivity contribution in [3.63, 3.8) is 0 Å². The Morgan fingerprint density at radius 1 is 1.10 bits per heavy atom. The third-order valence-corrected chi connectivity index (χ3v) is 5.93. The van der Waals surface area contributed by atoms with E-state index in [2.05, 4.69) is 5.32 Å². The van der Waals surface area contributed by atoms with Crippen molar-refractivity contribution in [2.24, 2.45) is 0 Å². The monoisotopic (exact) mass is 446 g/mol. The molecule has 2 aromatic rings. The van der Waals surface area contributed by atoms with Crippen molar-refractivity contribution >= 4 is 35.2 Å². The van der Waals surface area contributed by atoms with Gasteiger partial charge in [-0.2, -0.15) is 0 Å². The van der Waals surface area contributed by atoms with E-state index < -0.39 is 6.04 Å². The summed E-state index contributed by atoms with van der Waals surface area (Å²) in [4.78, 5) is 28.7. The number of hydrogen-bond donors (Lipinski definition) is 1. The van der Waals surface area contributed by atoms with E-state index in [-0.39, 0.29) is 17.4 Å². The zero-order valence-corrected chi connectivity index (χ0v) is 19.9. The minimum absolute atomic E-state index is 0.0312. The van der Waals surface area contributed by atoms with E-state index >= 15 is 0 Å². The van der Waals surface area contributed by atoms with Gasteiger partial charge in [0.05, 0.1) is 0 Å². The molecule has 0 fully saturated rings. The van der Waals surface area contributed by atoms with Gasteiger partial charge in [0.15, 0.2) is 0 Å². The maximum absolute atomic E-state index is 13.1. The number of nitrogens with one attached hydrogen (secondary N) is 1. The van der Waals surface area contributed by atoms with Gasteiger partial charge in [-0.1, -0.05) is 35.9 Å². The lowest BCUT2D eigenvalue weighted by Gasteiger charge is -2.32. The van der Waals surface area contributed by atoms with Crippen molar-refractivity contribution in [3.8, 4) is 0 Å². The van der Waals surface area contributed by atoms with Gasteiger partial charge in [-0.15, -0.1) is 11.8 Å². The number of rotatable bonds is 8. The molecule has 0 spiro atoms. The molecule has 162 valence electrons. The van der Waals surface area contributed by atoms with Crippen molar-refractivity contribution in [1.82, 2.24) is 10.2 Å². The summed E-state index contributed by atoms with van der Waals surface area (Å²) in [6, 6.07) is 15.0. The molecule has 0 aliphatic heterocycles. The van der Waals surface area contributed by atoms with Crippen LogP contribution in [0.25, 0.3) is 0 Å². The van der Waals surface area contributed by atoms with Gasteiger partial charge in [-0.25, -0.2) is 0 Å². The van der Waals surface area contributed by atoms with Gasteiger partial charge < -0.3 is 10.2 Å². The van der Waals surface area contributed by atoms with Gasteiger partial charge in [0.25, 0.3) is 0 Å². The van der Waals surface area contributed by atoms with E-state index in [1.54, 1.807) is 23.6 Å². The van der Waals surface area contributed by atoms with Crippen molar-refractivity contribution < 1.29 is 9.59 Å². The molecule has 0 heterocycles. The molecule has 0 aliphatic rings. The zero-order valence-electron chi connectivity index (χ0n) is 18.4. The molecule has 0 radical (unpaired) electrons. The summed E-state index contributed by atoms with van der Waals surface area (Å²) in [7, 11) is 0. The van der Waals surface area contributed by atoms with E-state index in [0.717, 1.165) is 16.0 Å². The van der Waals surface area contributed by atoms with E-state index in [1.165, 1.54) is 0 Å². The summed E-state index contributed by atoms with van der Waals surface area (Å²) in [6.45, 7) is 10.0. The molecule has 6 heteroatoms. The number of amides is 2. The molecule has 2 rings (SSSR count). The Kier molecular flexibility index (Phi) is 8.80. The second-order valence-electron chi connectivity index (χ2n) is 8.42. The molecule has 0 aromatic heterocycles. The topological polar surface area (TPSA) is 49.4 Å². The predicted molar refractivity (Wildman–Crippen MR) is 126 cm³/mol. The summed E-state index contributed by atoms with van der Waals surface area (Å²) >= 11 is 7.54. The van der Waals surface area contributed by atoms with Crippen LogP contribution >= 0.6 is 23.4 Å². The lowest BCUT2D eigenvalue weighted by molar-refractivity contribution is -0.140. The van der Waals surface area contributed by atoms with Crippen LogP contribution in [0.15, 0.2) is 53.4 Å². The average molecular weight is 447 g/mol. The molecule has 2 amide bonds. The quantitative estimate of drug-likeness (QED) is 0.547. The number of carbonyl (C=O) groups is 2. The summed E-state index contributed by atoms with van der Waals surface area (Å²) in [6.07, 6.45) is 0.353. The van der Waals surface area contributed by atoms with Crippen LogP contribution in [-0.4, -0.2) is 34.0 Å². The van der Waals surface area contributed by atoms with Gasteiger partial charge in [-0.3, -0.25) is 9.59 Å². The Hall–Kier alpha value is -1.98. The highest BCUT2D eigenvalue weighted by Gasteiger charge is 2.28. The first kappa shape index (κ1) is 24.3. The van der Waals surface area contributed by atoms with Crippen LogP contribution in [0.2, 0.25) is 5.02 Å². The molecule has 0 bridgehead atoms. The lowest BCUT2D eigenvalue weighted by atomic mass is 10.1. The third kappa shape index (κ3) is 7.69. The third-order valence-electron chi connectivity index (χ3n) is 4.67. The Morgan fingerprint density at radius 3 is 2.33 bits per heavy atom. The Morgan fingerprint density at radius 2 is 1.73 bits per heavy atom. The molecule has 30 heavy (non-hydrogen) atoms. The second-order valence-corrected chi connectivity index (χ2v) is 10.0. The largest absolute Gasteiger partial charge is 0.350 e. The number of carbonyl (C=O) groups excluding carboxylic acids is 2. The van der Waals surface area contributed by atoms with E-state index in [9.17, 15) is 9.59 Å². The fraction of sp³-hybridized carbons (Fsp3) is 0.417. The maximum Gasteiger partial charge on any atom is 0.242 e. The Balaban J connectivity index is 2.10. The molecular formula is C24H31ClN2O2S. The standard InChI is InChI=1S/C24H31ClN2O2S/c1-17-8-6-7-9-19(17)16-27(18(2)23(29)26-24(3,4)5)22(28)14-15-30-21-12-10-20(25)11-13-21/h6-13,18H,14-16H2,1-5H3,(H,26,29)/t18-/m0/s1. The normalized spacial score (nSPS) is 12.3. The molecule has 0 unspecified atom stereocenters. The highest BCUT2D eigenvalue weighted by atomic mass is 35.5. The first-order valence-electron chi connectivity index (χ1n) is 10.1. The van der Waals surface area contributed by atoms with E-state index in [0.29, 0.717) is 23.7 Å². The smallest absolute Gasteiger partial charge is 0.242 e. The van der Waals surface area contributed by atoms with Crippen molar-refractivity contribution in [1.29, 1.82) is 0 Å². The first-order valence-corrected chi connectivity index (χ1v) is 11.5. The summed E-state index contributed by atoms with van der Waals surface area (Å²) < 4.78 is 0. The van der Waals surface area contributed by atoms with Crippen molar-refractivity contribution in [2.45, 2.75) is 64.1 Å². The molecule has 4 nitrogen and oxygen atoms in total. The molecule has 0 saturated carbocycles. The lowest BCUT2D eigenvalue weighted by Crippen LogP contribution is -2.52. The molecule has 1 atom stereocenters. The minimum atomic E-state index is -0.558. The van der Waals surface area contributed by atoms with E-state index in [1.807, 2.05) is 76.2 Å². The predicted octanol–water partition coefficient (Wildman–Crippen LogP) is 5.46. The van der Waals surface area contributed by atoms with Gasteiger partial charge in [-0.05, 0) is 70.0 Å². The van der Waals surface area contributed by atoms with Gasteiger partial charge in [0, 0.05) is 34.2 Å². The van der Waals surface area contributed by atoms with Gasteiger partial charge in [0.2, 0.25) is 11.8 Å². The van der Waals surface area contributed by atoms with Crippen LogP contribution in [-0.2, 0) is 16.1 Å². The van der Waals surface area contributed by atoms with Gasteiger partial charge >= 0.3 is 0 Å². The van der Waals surface area contributed by atoms with Crippen LogP contribution in [0.3, 0.4) is 0 Å². The number of benzene rings is 2. The second kappa shape index (κ2) is 10.9. The zero-order chi connectivity index (χ0) is 22.3. The summed E-state index contributed by atoms with van der Waals surface area (Å²) in [5.41, 5.74) is 1.80. The highest BCUT2D eigenvalue weighted by molar-refractivity contribution is 7.99. The number of aryl methyl sites for hydroxylation is 1. The van der Waals surface area contributed by atoms with E-state index in [4.69, 9.17) is 11.6 Å². The van der Waals surface area contributed by atoms with Gasteiger partial charge in [0.1, 0.15) is 6.04 Å². The average Bonchev–Trinajstić information content (AvgIpc) is 2.67. The number of nitrogens with zero attached hydrogens (tertiary/aromatic N) is 1. The molecule has 2 aromatic carbocycles. The summed E-state index contributed by atoms with van der Waals surface area (Å²) in [5.74, 6) is 0.462.